The highest BCUT2D eigenvalue weighted by atomic mass is 32.2. The zero-order valence-corrected chi connectivity index (χ0v) is 10.6. The van der Waals surface area contributed by atoms with Crippen molar-refractivity contribution in [3.8, 4) is 0 Å². The molecule has 2 aromatic rings. The molecule has 4 heteroatoms. The van der Waals surface area contributed by atoms with Crippen LogP contribution in [0, 0.1) is 0 Å². The van der Waals surface area contributed by atoms with Gasteiger partial charge in [-0.1, -0.05) is 12.1 Å². The average Bonchev–Trinajstić information content (AvgIpc) is 2.47. The van der Waals surface area contributed by atoms with Gasteiger partial charge in [-0.2, -0.15) is 0 Å². The second kappa shape index (κ2) is 4.82. The van der Waals surface area contributed by atoms with Crippen LogP contribution in [0.15, 0.2) is 53.7 Å². The number of carbonyl (C=O) groups excluding carboxylic acids is 1. The Labute approximate surface area is 110 Å². The topological polar surface area (TPSA) is 33.2 Å². The van der Waals surface area contributed by atoms with Gasteiger partial charge in [0.2, 0.25) is 0 Å². The number of hydrogen-bond donors (Lipinski definition) is 0. The number of benzene rings is 1. The SMILES string of the molecule is O=C(c1ccncc1)N1CCSc2ccccc21. The predicted molar refractivity (Wildman–Crippen MR) is 73.1 cm³/mol. The number of fused-ring (bicyclic) bond motifs is 1. The summed E-state index contributed by atoms with van der Waals surface area (Å²) in [4.78, 5) is 19.4. The summed E-state index contributed by atoms with van der Waals surface area (Å²) in [5, 5.41) is 0. The largest absolute Gasteiger partial charge is 0.306 e. The van der Waals surface area contributed by atoms with Crippen molar-refractivity contribution in [3.05, 3.63) is 54.4 Å². The van der Waals surface area contributed by atoms with E-state index in [9.17, 15) is 4.79 Å². The van der Waals surface area contributed by atoms with E-state index in [1.807, 2.05) is 23.1 Å². The van der Waals surface area contributed by atoms with Crippen LogP contribution >= 0.6 is 11.8 Å². The molecule has 0 bridgehead atoms. The van der Waals surface area contributed by atoms with Crippen LogP contribution in [0.25, 0.3) is 0 Å². The summed E-state index contributed by atoms with van der Waals surface area (Å²) in [6, 6.07) is 11.6. The molecule has 1 aliphatic heterocycles. The maximum Gasteiger partial charge on any atom is 0.258 e. The Kier molecular flexibility index (Phi) is 3.02. The van der Waals surface area contributed by atoms with E-state index < -0.39 is 0 Å². The van der Waals surface area contributed by atoms with Gasteiger partial charge < -0.3 is 4.90 Å². The maximum absolute atomic E-state index is 12.5. The van der Waals surface area contributed by atoms with Crippen LogP contribution < -0.4 is 4.90 Å². The van der Waals surface area contributed by atoms with Gasteiger partial charge >= 0.3 is 0 Å². The van der Waals surface area contributed by atoms with Crippen molar-refractivity contribution in [1.82, 2.24) is 4.98 Å². The number of nitrogens with zero attached hydrogens (tertiary/aromatic N) is 2. The highest BCUT2D eigenvalue weighted by Crippen LogP contribution is 2.34. The Hall–Kier alpha value is -1.81. The molecular weight excluding hydrogens is 244 g/mol. The Balaban J connectivity index is 1.97. The number of pyridine rings is 1. The van der Waals surface area contributed by atoms with Gasteiger partial charge in [-0.05, 0) is 24.3 Å². The highest BCUT2D eigenvalue weighted by molar-refractivity contribution is 7.99. The van der Waals surface area contributed by atoms with Crippen molar-refractivity contribution in [1.29, 1.82) is 0 Å². The normalized spacial score (nSPS) is 14.1. The Morgan fingerprint density at radius 1 is 1.17 bits per heavy atom. The number of thioether (sulfide) groups is 1. The molecule has 0 atom stereocenters. The fourth-order valence-electron chi connectivity index (χ4n) is 2.03. The van der Waals surface area contributed by atoms with Gasteiger partial charge in [0, 0.05) is 35.2 Å². The van der Waals surface area contributed by atoms with E-state index in [0.717, 1.165) is 18.0 Å². The summed E-state index contributed by atoms with van der Waals surface area (Å²) >= 11 is 1.80. The summed E-state index contributed by atoms with van der Waals surface area (Å²) in [5.74, 6) is 0.985. The van der Waals surface area contributed by atoms with E-state index in [4.69, 9.17) is 0 Å². The monoisotopic (exact) mass is 256 g/mol. The lowest BCUT2D eigenvalue weighted by atomic mass is 10.2. The highest BCUT2D eigenvalue weighted by Gasteiger charge is 2.23. The van der Waals surface area contributed by atoms with Crippen LogP contribution in [0.4, 0.5) is 5.69 Å². The van der Waals surface area contributed by atoms with Crippen molar-refractivity contribution >= 4 is 23.4 Å². The Morgan fingerprint density at radius 2 is 1.94 bits per heavy atom. The molecule has 0 N–H and O–H groups in total. The molecule has 90 valence electrons. The first-order valence-electron chi connectivity index (χ1n) is 5.80. The average molecular weight is 256 g/mol. The molecule has 0 aliphatic carbocycles. The molecule has 0 saturated heterocycles. The van der Waals surface area contributed by atoms with E-state index in [1.165, 1.54) is 4.90 Å². The molecule has 0 spiro atoms. The van der Waals surface area contributed by atoms with Crippen molar-refractivity contribution in [2.24, 2.45) is 0 Å². The van der Waals surface area contributed by atoms with Crippen LogP contribution in [0.1, 0.15) is 10.4 Å². The molecule has 0 fully saturated rings. The second-order valence-electron chi connectivity index (χ2n) is 4.01. The molecule has 0 saturated carbocycles. The van der Waals surface area contributed by atoms with Crippen LogP contribution in [0.3, 0.4) is 0 Å². The number of anilines is 1. The molecule has 0 unspecified atom stereocenters. The van der Waals surface area contributed by atoms with Crippen molar-refractivity contribution in [3.63, 3.8) is 0 Å². The lowest BCUT2D eigenvalue weighted by Gasteiger charge is -2.28. The Morgan fingerprint density at radius 3 is 2.78 bits per heavy atom. The number of carbonyl (C=O) groups is 1. The summed E-state index contributed by atoms with van der Waals surface area (Å²) < 4.78 is 0. The third kappa shape index (κ3) is 1.99. The van der Waals surface area contributed by atoms with E-state index in [1.54, 1.807) is 36.3 Å². The first kappa shape index (κ1) is 11.3. The van der Waals surface area contributed by atoms with Crippen LogP contribution in [0.5, 0.6) is 0 Å². The van der Waals surface area contributed by atoms with Gasteiger partial charge in [-0.25, -0.2) is 0 Å². The third-order valence-electron chi connectivity index (χ3n) is 2.90. The minimum atomic E-state index is 0.0464. The van der Waals surface area contributed by atoms with Gasteiger partial charge in [-0.15, -0.1) is 11.8 Å². The summed E-state index contributed by atoms with van der Waals surface area (Å²) in [6.07, 6.45) is 3.30. The molecule has 0 radical (unpaired) electrons. The van der Waals surface area contributed by atoms with Crippen molar-refractivity contribution in [2.45, 2.75) is 4.90 Å². The number of rotatable bonds is 1. The molecule has 2 heterocycles. The number of amides is 1. The van der Waals surface area contributed by atoms with Crippen LogP contribution in [-0.4, -0.2) is 23.2 Å². The molecule has 18 heavy (non-hydrogen) atoms. The predicted octanol–water partition coefficient (Wildman–Crippen LogP) is 2.83. The van der Waals surface area contributed by atoms with Gasteiger partial charge in [0.25, 0.3) is 5.91 Å². The number of para-hydroxylation sites is 1. The summed E-state index contributed by atoms with van der Waals surface area (Å²) in [5.41, 5.74) is 1.70. The lowest BCUT2D eigenvalue weighted by molar-refractivity contribution is 0.0987. The van der Waals surface area contributed by atoms with E-state index in [0.29, 0.717) is 5.56 Å². The van der Waals surface area contributed by atoms with Gasteiger partial charge in [-0.3, -0.25) is 9.78 Å². The number of aromatic nitrogens is 1. The molecule has 3 nitrogen and oxygen atoms in total. The van der Waals surface area contributed by atoms with Crippen LogP contribution in [-0.2, 0) is 0 Å². The van der Waals surface area contributed by atoms with Crippen LogP contribution in [0.2, 0.25) is 0 Å². The molecule has 1 amide bonds. The molecule has 3 rings (SSSR count). The van der Waals surface area contributed by atoms with E-state index in [2.05, 4.69) is 11.1 Å². The standard InChI is InChI=1S/C14H12N2OS/c17-14(11-5-7-15-8-6-11)16-9-10-18-13-4-2-1-3-12(13)16/h1-8H,9-10H2. The maximum atomic E-state index is 12.5. The van der Waals surface area contributed by atoms with Crippen molar-refractivity contribution < 1.29 is 4.79 Å². The second-order valence-corrected chi connectivity index (χ2v) is 5.15. The molecular formula is C14H12N2OS. The van der Waals surface area contributed by atoms with E-state index in [-0.39, 0.29) is 5.91 Å². The Bertz CT molecular complexity index is 571. The first-order valence-corrected chi connectivity index (χ1v) is 6.78. The minimum absolute atomic E-state index is 0.0464. The van der Waals surface area contributed by atoms with Crippen molar-refractivity contribution in [2.75, 3.05) is 17.2 Å². The molecule has 1 aromatic heterocycles. The third-order valence-corrected chi connectivity index (χ3v) is 3.94. The first-order chi connectivity index (χ1) is 8.86. The fourth-order valence-corrected chi connectivity index (χ4v) is 3.03. The summed E-state index contributed by atoms with van der Waals surface area (Å²) in [6.45, 7) is 0.753. The fraction of sp³-hybridized carbons (Fsp3) is 0.143. The van der Waals surface area contributed by atoms with Gasteiger partial charge in [0.05, 0.1) is 5.69 Å². The number of hydrogen-bond acceptors (Lipinski definition) is 3. The molecule has 1 aliphatic rings. The summed E-state index contributed by atoms with van der Waals surface area (Å²) in [7, 11) is 0. The van der Waals surface area contributed by atoms with E-state index >= 15 is 0 Å². The molecule has 1 aromatic carbocycles. The van der Waals surface area contributed by atoms with Gasteiger partial charge in [0.15, 0.2) is 0 Å². The van der Waals surface area contributed by atoms with Gasteiger partial charge in [0.1, 0.15) is 0 Å². The zero-order chi connectivity index (χ0) is 12.4. The quantitative estimate of drug-likeness (QED) is 0.786. The zero-order valence-electron chi connectivity index (χ0n) is 9.74. The minimum Gasteiger partial charge on any atom is -0.306 e. The smallest absolute Gasteiger partial charge is 0.258 e. The lowest BCUT2D eigenvalue weighted by Crippen LogP contribution is -2.35.